The van der Waals surface area contributed by atoms with Crippen LogP contribution in [0.25, 0.3) is 21.8 Å². The zero-order chi connectivity index (χ0) is 18.3. The van der Waals surface area contributed by atoms with Crippen LogP contribution >= 0.6 is 11.6 Å². The molecule has 2 aromatic carbocycles. The van der Waals surface area contributed by atoms with E-state index in [1.165, 1.54) is 7.11 Å². The lowest BCUT2D eigenvalue weighted by atomic mass is 10.1. The summed E-state index contributed by atoms with van der Waals surface area (Å²) in [5.41, 5.74) is 4.32. The Balaban J connectivity index is 2.04. The van der Waals surface area contributed by atoms with E-state index in [-0.39, 0.29) is 0 Å². The summed E-state index contributed by atoms with van der Waals surface area (Å²) >= 11 is 6.21. The first-order valence-electron chi connectivity index (χ1n) is 8.28. The Morgan fingerprint density at radius 3 is 2.62 bits per heavy atom. The molecule has 2 heterocycles. The van der Waals surface area contributed by atoms with E-state index in [1.54, 1.807) is 6.07 Å². The number of methoxy groups -OCH3 is 1. The molecule has 0 aliphatic heterocycles. The SMILES string of the molecule is COC(=O)c1cc2c3cc(Cl)ccc3n(C)c2c(Cc2ccccc2)n1. The number of aryl methyl sites for hydroxylation is 1. The van der Waals surface area contributed by atoms with Crippen molar-refractivity contribution in [3.05, 3.63) is 76.6 Å². The Bertz CT molecular complexity index is 1130. The molecule has 4 rings (SSSR count). The molecule has 0 atom stereocenters. The van der Waals surface area contributed by atoms with Crippen molar-refractivity contribution < 1.29 is 9.53 Å². The molecular formula is C21H17ClN2O2. The lowest BCUT2D eigenvalue weighted by molar-refractivity contribution is 0.0594. The highest BCUT2D eigenvalue weighted by atomic mass is 35.5. The van der Waals surface area contributed by atoms with E-state index in [1.807, 2.05) is 43.4 Å². The molecule has 0 radical (unpaired) electrons. The first kappa shape index (κ1) is 16.6. The van der Waals surface area contributed by atoms with Gasteiger partial charge < -0.3 is 9.30 Å². The Morgan fingerprint density at radius 2 is 1.88 bits per heavy atom. The van der Waals surface area contributed by atoms with Gasteiger partial charge in [0.2, 0.25) is 0 Å². The number of hydrogen-bond acceptors (Lipinski definition) is 3. The fraction of sp³-hybridized carbons (Fsp3) is 0.143. The average Bonchev–Trinajstić information content (AvgIpc) is 2.94. The van der Waals surface area contributed by atoms with E-state index in [9.17, 15) is 4.79 Å². The molecule has 130 valence electrons. The number of nitrogens with zero attached hydrogens (tertiary/aromatic N) is 2. The number of carbonyl (C=O) groups is 1. The van der Waals surface area contributed by atoms with Gasteiger partial charge in [0.25, 0.3) is 0 Å². The normalized spacial score (nSPS) is 11.2. The molecule has 0 aliphatic rings. The minimum atomic E-state index is -0.444. The van der Waals surface area contributed by atoms with Crippen LogP contribution < -0.4 is 0 Å². The highest BCUT2D eigenvalue weighted by molar-refractivity contribution is 6.32. The second-order valence-electron chi connectivity index (χ2n) is 6.22. The molecule has 0 unspecified atom stereocenters. The van der Waals surface area contributed by atoms with Crippen LogP contribution in [0.3, 0.4) is 0 Å². The van der Waals surface area contributed by atoms with E-state index in [4.69, 9.17) is 16.3 Å². The monoisotopic (exact) mass is 364 g/mol. The number of halogens is 1. The van der Waals surface area contributed by atoms with E-state index in [0.717, 1.165) is 33.1 Å². The van der Waals surface area contributed by atoms with Crippen molar-refractivity contribution in [2.45, 2.75) is 6.42 Å². The minimum Gasteiger partial charge on any atom is -0.464 e. The number of carbonyl (C=O) groups excluding carboxylic acids is 1. The molecule has 0 saturated heterocycles. The van der Waals surface area contributed by atoms with Crippen molar-refractivity contribution in [3.63, 3.8) is 0 Å². The number of benzene rings is 2. The summed E-state index contributed by atoms with van der Waals surface area (Å²) in [5.74, 6) is -0.444. The van der Waals surface area contributed by atoms with Gasteiger partial charge in [0, 0.05) is 34.8 Å². The fourth-order valence-corrected chi connectivity index (χ4v) is 3.60. The van der Waals surface area contributed by atoms with Gasteiger partial charge in [-0.25, -0.2) is 9.78 Å². The summed E-state index contributed by atoms with van der Waals surface area (Å²) in [4.78, 5) is 16.8. The maximum atomic E-state index is 12.2. The molecule has 5 heteroatoms. The molecule has 4 aromatic rings. The van der Waals surface area contributed by atoms with Crippen LogP contribution in [0.15, 0.2) is 54.6 Å². The molecule has 0 N–H and O–H groups in total. The predicted octanol–water partition coefficient (Wildman–Crippen LogP) is 4.76. The summed E-state index contributed by atoms with van der Waals surface area (Å²) in [6.45, 7) is 0. The summed E-state index contributed by atoms with van der Waals surface area (Å²) in [6.07, 6.45) is 0.625. The predicted molar refractivity (Wildman–Crippen MR) is 104 cm³/mol. The Kier molecular flexibility index (Phi) is 4.13. The van der Waals surface area contributed by atoms with Gasteiger partial charge in [0.15, 0.2) is 0 Å². The number of aromatic nitrogens is 2. The van der Waals surface area contributed by atoms with Gasteiger partial charge >= 0.3 is 5.97 Å². The number of esters is 1. The second kappa shape index (κ2) is 6.46. The van der Waals surface area contributed by atoms with Gasteiger partial charge in [-0.2, -0.15) is 0 Å². The molecule has 0 spiro atoms. The Hall–Kier alpha value is -2.85. The number of ether oxygens (including phenoxy) is 1. The second-order valence-corrected chi connectivity index (χ2v) is 6.66. The lowest BCUT2D eigenvalue weighted by Crippen LogP contribution is -2.08. The van der Waals surface area contributed by atoms with E-state index in [2.05, 4.69) is 21.7 Å². The van der Waals surface area contributed by atoms with Crippen LogP contribution in [0, 0.1) is 0 Å². The highest BCUT2D eigenvalue weighted by Crippen LogP contribution is 2.33. The van der Waals surface area contributed by atoms with Crippen molar-refractivity contribution in [1.82, 2.24) is 9.55 Å². The quantitative estimate of drug-likeness (QED) is 0.492. The fourth-order valence-electron chi connectivity index (χ4n) is 3.43. The van der Waals surface area contributed by atoms with Crippen LogP contribution in [0.1, 0.15) is 21.7 Å². The van der Waals surface area contributed by atoms with Crippen molar-refractivity contribution in [3.8, 4) is 0 Å². The van der Waals surface area contributed by atoms with Crippen molar-refractivity contribution in [2.75, 3.05) is 7.11 Å². The Labute approximate surface area is 156 Å². The third-order valence-corrected chi connectivity index (χ3v) is 4.85. The molecule has 2 aromatic heterocycles. The molecule has 0 amide bonds. The van der Waals surface area contributed by atoms with Crippen molar-refractivity contribution in [2.24, 2.45) is 7.05 Å². The zero-order valence-corrected chi connectivity index (χ0v) is 15.2. The first-order chi connectivity index (χ1) is 12.6. The van der Waals surface area contributed by atoms with Gasteiger partial charge in [-0.05, 0) is 29.8 Å². The summed E-state index contributed by atoms with van der Waals surface area (Å²) in [6, 6.07) is 17.7. The van der Waals surface area contributed by atoms with Gasteiger partial charge in [-0.15, -0.1) is 0 Å². The van der Waals surface area contributed by atoms with E-state index < -0.39 is 5.97 Å². The highest BCUT2D eigenvalue weighted by Gasteiger charge is 2.18. The number of rotatable bonds is 3. The summed E-state index contributed by atoms with van der Waals surface area (Å²) in [5, 5.41) is 2.61. The van der Waals surface area contributed by atoms with E-state index in [0.29, 0.717) is 17.1 Å². The topological polar surface area (TPSA) is 44.1 Å². The third kappa shape index (κ3) is 2.72. The van der Waals surface area contributed by atoms with Crippen molar-refractivity contribution >= 4 is 39.4 Å². The summed E-state index contributed by atoms with van der Waals surface area (Å²) < 4.78 is 7.00. The van der Waals surface area contributed by atoms with Gasteiger partial charge in [-0.3, -0.25) is 0 Å². The van der Waals surface area contributed by atoms with Crippen molar-refractivity contribution in [1.29, 1.82) is 0 Å². The molecule has 0 fully saturated rings. The lowest BCUT2D eigenvalue weighted by Gasteiger charge is -2.08. The maximum Gasteiger partial charge on any atom is 0.356 e. The molecule has 0 aliphatic carbocycles. The van der Waals surface area contributed by atoms with E-state index >= 15 is 0 Å². The van der Waals surface area contributed by atoms with Crippen LogP contribution in [-0.2, 0) is 18.2 Å². The number of fused-ring (bicyclic) bond motifs is 3. The van der Waals surface area contributed by atoms with Crippen LogP contribution in [0.2, 0.25) is 5.02 Å². The minimum absolute atomic E-state index is 0.304. The Morgan fingerprint density at radius 1 is 1.12 bits per heavy atom. The number of hydrogen-bond donors (Lipinski definition) is 0. The maximum absolute atomic E-state index is 12.2. The smallest absolute Gasteiger partial charge is 0.356 e. The first-order valence-corrected chi connectivity index (χ1v) is 8.66. The van der Waals surface area contributed by atoms with Crippen LogP contribution in [0.5, 0.6) is 0 Å². The van der Waals surface area contributed by atoms with Gasteiger partial charge in [0.1, 0.15) is 5.69 Å². The average molecular weight is 365 g/mol. The largest absolute Gasteiger partial charge is 0.464 e. The van der Waals surface area contributed by atoms with Gasteiger partial charge in [-0.1, -0.05) is 41.9 Å². The molecule has 0 bridgehead atoms. The molecule has 0 saturated carbocycles. The standard InChI is InChI=1S/C21H17ClN2O2/c1-24-19-9-8-14(22)11-15(19)16-12-18(21(25)26-2)23-17(20(16)24)10-13-6-4-3-5-7-13/h3-9,11-12H,10H2,1-2H3. The molecule has 4 nitrogen and oxygen atoms in total. The molecular weight excluding hydrogens is 348 g/mol. The van der Waals surface area contributed by atoms with Crippen LogP contribution in [0.4, 0.5) is 0 Å². The number of pyridine rings is 1. The molecule has 26 heavy (non-hydrogen) atoms. The van der Waals surface area contributed by atoms with Crippen LogP contribution in [-0.4, -0.2) is 22.6 Å². The summed E-state index contributed by atoms with van der Waals surface area (Å²) in [7, 11) is 3.37. The van der Waals surface area contributed by atoms with Gasteiger partial charge in [0.05, 0.1) is 18.3 Å². The third-order valence-electron chi connectivity index (χ3n) is 4.62. The zero-order valence-electron chi connectivity index (χ0n) is 14.5.